The highest BCUT2D eigenvalue weighted by Gasteiger charge is 2.10. The van der Waals surface area contributed by atoms with Gasteiger partial charge in [0.2, 0.25) is 5.78 Å². The van der Waals surface area contributed by atoms with Crippen LogP contribution in [0, 0.1) is 5.82 Å². The smallest absolute Gasteiger partial charge is 0.201 e. The molecule has 0 atom stereocenters. The van der Waals surface area contributed by atoms with Crippen LogP contribution in [0.15, 0.2) is 46.9 Å². The van der Waals surface area contributed by atoms with E-state index >= 15 is 0 Å². The third-order valence-electron chi connectivity index (χ3n) is 2.44. The first-order valence-corrected chi connectivity index (χ1v) is 6.60. The van der Waals surface area contributed by atoms with Crippen molar-refractivity contribution in [2.75, 3.05) is 6.61 Å². The van der Waals surface area contributed by atoms with Gasteiger partial charge in [-0.05, 0) is 18.2 Å². The van der Waals surface area contributed by atoms with E-state index in [9.17, 15) is 9.18 Å². The Hall–Kier alpha value is -1.39. The molecule has 0 aliphatic carbocycles. The summed E-state index contributed by atoms with van der Waals surface area (Å²) in [6.07, 6.45) is 0. The van der Waals surface area contributed by atoms with E-state index in [2.05, 4.69) is 15.9 Å². The molecule has 19 heavy (non-hydrogen) atoms. The number of ether oxygens (including phenoxy) is 1. The van der Waals surface area contributed by atoms with E-state index in [4.69, 9.17) is 16.3 Å². The maximum Gasteiger partial charge on any atom is 0.201 e. The number of Topliss-reactive ketones (excluding diaryl/α,β-unsaturated/α-hetero) is 1. The van der Waals surface area contributed by atoms with Crippen LogP contribution in [0.1, 0.15) is 10.4 Å². The Labute approximate surface area is 123 Å². The Bertz CT molecular complexity index is 616. The summed E-state index contributed by atoms with van der Waals surface area (Å²) in [4.78, 5) is 11.9. The first kappa shape index (κ1) is 14.0. The van der Waals surface area contributed by atoms with Gasteiger partial charge in [0.25, 0.3) is 0 Å². The lowest BCUT2D eigenvalue weighted by molar-refractivity contribution is 0.0920. The van der Waals surface area contributed by atoms with Crippen LogP contribution in [0.2, 0.25) is 5.02 Å². The molecule has 0 aromatic heterocycles. The van der Waals surface area contributed by atoms with E-state index in [1.54, 1.807) is 18.2 Å². The highest BCUT2D eigenvalue weighted by atomic mass is 79.9. The zero-order chi connectivity index (χ0) is 13.8. The van der Waals surface area contributed by atoms with Crippen molar-refractivity contribution in [1.29, 1.82) is 0 Å². The largest absolute Gasteiger partial charge is 0.485 e. The first-order chi connectivity index (χ1) is 9.08. The van der Waals surface area contributed by atoms with Crippen molar-refractivity contribution in [3.05, 3.63) is 63.3 Å². The number of hydrogen-bond acceptors (Lipinski definition) is 2. The summed E-state index contributed by atoms with van der Waals surface area (Å²) in [5.41, 5.74) is 0.525. The van der Waals surface area contributed by atoms with Crippen molar-refractivity contribution in [1.82, 2.24) is 0 Å². The maximum absolute atomic E-state index is 13.2. The monoisotopic (exact) mass is 342 g/mol. The van der Waals surface area contributed by atoms with Crippen LogP contribution in [-0.4, -0.2) is 12.4 Å². The van der Waals surface area contributed by atoms with Gasteiger partial charge in [-0.25, -0.2) is 4.39 Å². The average Bonchev–Trinajstić information content (AvgIpc) is 2.40. The summed E-state index contributed by atoms with van der Waals surface area (Å²) in [6.45, 7) is -0.163. The summed E-state index contributed by atoms with van der Waals surface area (Å²) in [7, 11) is 0. The fourth-order valence-electron chi connectivity index (χ4n) is 1.48. The lowest BCUT2D eigenvalue weighted by atomic mass is 10.1. The Morgan fingerprint density at radius 1 is 1.26 bits per heavy atom. The van der Waals surface area contributed by atoms with Gasteiger partial charge in [0.15, 0.2) is 6.61 Å². The molecule has 0 saturated carbocycles. The maximum atomic E-state index is 13.2. The van der Waals surface area contributed by atoms with E-state index in [0.717, 1.165) is 6.07 Å². The molecular weight excluding hydrogens is 335 g/mol. The number of hydrogen-bond donors (Lipinski definition) is 0. The number of carbonyl (C=O) groups is 1. The number of rotatable bonds is 4. The van der Waals surface area contributed by atoms with Crippen LogP contribution in [0.25, 0.3) is 0 Å². The van der Waals surface area contributed by atoms with Crippen LogP contribution in [0.3, 0.4) is 0 Å². The molecule has 0 bridgehead atoms. The Morgan fingerprint density at radius 3 is 2.68 bits per heavy atom. The van der Waals surface area contributed by atoms with Crippen molar-refractivity contribution in [2.24, 2.45) is 0 Å². The highest BCUT2D eigenvalue weighted by molar-refractivity contribution is 9.10. The summed E-state index contributed by atoms with van der Waals surface area (Å²) in [5.74, 6) is -0.502. The quantitative estimate of drug-likeness (QED) is 0.764. The Balaban J connectivity index is 2.04. The minimum absolute atomic E-state index is 0.0180. The molecule has 0 heterocycles. The van der Waals surface area contributed by atoms with E-state index in [-0.39, 0.29) is 23.2 Å². The standard InChI is InChI=1S/C14H9BrClFO2/c15-11-4-2-1-3-10(11)14(18)8-19-9-5-6-12(16)13(17)7-9/h1-7H,8H2. The first-order valence-electron chi connectivity index (χ1n) is 5.43. The van der Waals surface area contributed by atoms with Gasteiger partial charge in [0.1, 0.15) is 11.6 Å². The second-order valence-electron chi connectivity index (χ2n) is 3.77. The van der Waals surface area contributed by atoms with E-state index < -0.39 is 5.82 Å². The topological polar surface area (TPSA) is 26.3 Å². The minimum Gasteiger partial charge on any atom is -0.485 e. The molecule has 98 valence electrons. The minimum atomic E-state index is -0.576. The lowest BCUT2D eigenvalue weighted by Crippen LogP contribution is -2.12. The summed E-state index contributed by atoms with van der Waals surface area (Å²) >= 11 is 8.85. The van der Waals surface area contributed by atoms with Crippen LogP contribution in [0.4, 0.5) is 4.39 Å². The van der Waals surface area contributed by atoms with Gasteiger partial charge in [-0.1, -0.05) is 45.7 Å². The van der Waals surface area contributed by atoms with Gasteiger partial charge in [-0.3, -0.25) is 4.79 Å². The SMILES string of the molecule is O=C(COc1ccc(Cl)c(F)c1)c1ccccc1Br. The number of halogens is 3. The molecule has 0 aliphatic rings. The fourth-order valence-corrected chi connectivity index (χ4v) is 2.10. The van der Waals surface area contributed by atoms with Gasteiger partial charge >= 0.3 is 0 Å². The number of benzene rings is 2. The zero-order valence-electron chi connectivity index (χ0n) is 9.70. The molecule has 2 rings (SSSR count). The van der Waals surface area contributed by atoms with Crippen molar-refractivity contribution in [3.8, 4) is 5.75 Å². The molecule has 2 aromatic carbocycles. The normalized spacial score (nSPS) is 10.3. The third-order valence-corrected chi connectivity index (χ3v) is 3.43. The Kier molecular flexibility index (Phi) is 4.56. The van der Waals surface area contributed by atoms with Crippen molar-refractivity contribution >= 4 is 33.3 Å². The van der Waals surface area contributed by atoms with Crippen LogP contribution < -0.4 is 4.74 Å². The molecule has 0 saturated heterocycles. The third kappa shape index (κ3) is 3.55. The van der Waals surface area contributed by atoms with Crippen molar-refractivity contribution < 1.29 is 13.9 Å². The van der Waals surface area contributed by atoms with Gasteiger partial charge in [0.05, 0.1) is 5.02 Å². The van der Waals surface area contributed by atoms with Crippen LogP contribution in [0.5, 0.6) is 5.75 Å². The van der Waals surface area contributed by atoms with Crippen molar-refractivity contribution in [3.63, 3.8) is 0 Å². The molecule has 0 fully saturated rings. The predicted molar refractivity (Wildman–Crippen MR) is 75.4 cm³/mol. The molecule has 2 aromatic rings. The van der Waals surface area contributed by atoms with E-state index in [1.165, 1.54) is 12.1 Å². The molecule has 0 radical (unpaired) electrons. The molecule has 5 heteroatoms. The van der Waals surface area contributed by atoms with E-state index in [0.29, 0.717) is 10.0 Å². The lowest BCUT2D eigenvalue weighted by Gasteiger charge is -2.07. The molecule has 2 nitrogen and oxygen atoms in total. The fraction of sp³-hybridized carbons (Fsp3) is 0.0714. The Morgan fingerprint density at radius 2 is 2.00 bits per heavy atom. The number of carbonyl (C=O) groups excluding carboxylic acids is 1. The van der Waals surface area contributed by atoms with Gasteiger partial charge in [-0.2, -0.15) is 0 Å². The number of ketones is 1. The van der Waals surface area contributed by atoms with E-state index in [1.807, 2.05) is 6.07 Å². The molecule has 0 spiro atoms. The summed E-state index contributed by atoms with van der Waals surface area (Å²) < 4.78 is 19.1. The van der Waals surface area contributed by atoms with Crippen LogP contribution in [-0.2, 0) is 0 Å². The molecule has 0 amide bonds. The molecule has 0 N–H and O–H groups in total. The average molecular weight is 344 g/mol. The summed E-state index contributed by atoms with van der Waals surface area (Å²) in [6, 6.07) is 11.1. The summed E-state index contributed by atoms with van der Waals surface area (Å²) in [5, 5.41) is 0.0180. The van der Waals surface area contributed by atoms with Gasteiger partial charge in [-0.15, -0.1) is 0 Å². The highest BCUT2D eigenvalue weighted by Crippen LogP contribution is 2.21. The van der Waals surface area contributed by atoms with Gasteiger partial charge < -0.3 is 4.74 Å². The molecule has 0 unspecified atom stereocenters. The van der Waals surface area contributed by atoms with Gasteiger partial charge in [0, 0.05) is 16.1 Å². The molecular formula is C14H9BrClFO2. The predicted octanol–water partition coefficient (Wildman–Crippen LogP) is 4.50. The second-order valence-corrected chi connectivity index (χ2v) is 5.03. The molecule has 0 aliphatic heterocycles. The zero-order valence-corrected chi connectivity index (χ0v) is 12.0. The van der Waals surface area contributed by atoms with Crippen molar-refractivity contribution in [2.45, 2.75) is 0 Å². The second kappa shape index (κ2) is 6.17. The van der Waals surface area contributed by atoms with Crippen LogP contribution >= 0.6 is 27.5 Å².